The van der Waals surface area contributed by atoms with Crippen molar-refractivity contribution in [2.24, 2.45) is 0 Å². The van der Waals surface area contributed by atoms with Gasteiger partial charge in [0.05, 0.1) is 18.4 Å². The molecule has 0 radical (unpaired) electrons. The summed E-state index contributed by atoms with van der Waals surface area (Å²) in [7, 11) is 3.44. The van der Waals surface area contributed by atoms with Crippen LogP contribution in [0.5, 0.6) is 5.88 Å². The Morgan fingerprint density at radius 2 is 2.06 bits per heavy atom. The van der Waals surface area contributed by atoms with E-state index in [-0.39, 0.29) is 0 Å². The van der Waals surface area contributed by atoms with Crippen molar-refractivity contribution < 1.29 is 4.74 Å². The molecule has 1 N–H and O–H groups in total. The van der Waals surface area contributed by atoms with Gasteiger partial charge in [-0.15, -0.1) is 0 Å². The summed E-state index contributed by atoms with van der Waals surface area (Å²) >= 11 is 0. The molecule has 4 nitrogen and oxygen atoms in total. The van der Waals surface area contributed by atoms with Crippen LogP contribution in [-0.2, 0) is 0 Å². The zero-order chi connectivity index (χ0) is 11.4. The lowest BCUT2D eigenvalue weighted by atomic mass is 10.2. The fourth-order valence-corrected chi connectivity index (χ4v) is 1.47. The molecule has 82 valence electrons. The quantitative estimate of drug-likeness (QED) is 0.852. The van der Waals surface area contributed by atoms with Crippen molar-refractivity contribution in [2.75, 3.05) is 19.5 Å². The van der Waals surface area contributed by atoms with E-state index in [1.54, 1.807) is 13.3 Å². The minimum Gasteiger partial charge on any atom is -0.481 e. The van der Waals surface area contributed by atoms with Gasteiger partial charge in [0.15, 0.2) is 0 Å². The Kier molecular flexibility index (Phi) is 3.00. The molecule has 0 aliphatic carbocycles. The minimum atomic E-state index is 0.586. The van der Waals surface area contributed by atoms with Gasteiger partial charge in [0.2, 0.25) is 5.88 Å². The lowest BCUT2D eigenvalue weighted by Gasteiger charge is -2.07. The number of rotatable bonds is 3. The molecular weight excluding hydrogens is 202 g/mol. The Morgan fingerprint density at radius 3 is 2.81 bits per heavy atom. The van der Waals surface area contributed by atoms with Crippen LogP contribution >= 0.6 is 0 Å². The normalized spacial score (nSPS) is 9.88. The lowest BCUT2D eigenvalue weighted by molar-refractivity contribution is 0.399. The molecule has 16 heavy (non-hydrogen) atoms. The first-order chi connectivity index (χ1) is 7.85. The molecule has 0 saturated carbocycles. The van der Waals surface area contributed by atoms with Gasteiger partial charge in [0, 0.05) is 13.2 Å². The van der Waals surface area contributed by atoms with Crippen LogP contribution in [0.15, 0.2) is 36.5 Å². The van der Waals surface area contributed by atoms with E-state index in [4.69, 9.17) is 4.74 Å². The average Bonchev–Trinajstić information content (AvgIpc) is 2.38. The number of pyridine rings is 2. The van der Waals surface area contributed by atoms with Crippen LogP contribution in [0.25, 0.3) is 11.3 Å². The van der Waals surface area contributed by atoms with Gasteiger partial charge in [-0.3, -0.25) is 0 Å². The predicted molar refractivity (Wildman–Crippen MR) is 63.6 cm³/mol. The summed E-state index contributed by atoms with van der Waals surface area (Å²) in [5, 5.41) is 3.00. The molecule has 0 aliphatic rings. The number of nitrogens with one attached hydrogen (secondary N) is 1. The maximum atomic E-state index is 5.20. The van der Waals surface area contributed by atoms with E-state index < -0.39 is 0 Å². The Balaban J connectivity index is 2.49. The number of hydrogen-bond donors (Lipinski definition) is 1. The van der Waals surface area contributed by atoms with Crippen molar-refractivity contribution in [2.45, 2.75) is 0 Å². The number of aromatic nitrogens is 2. The molecule has 0 unspecified atom stereocenters. The second-order valence-corrected chi connectivity index (χ2v) is 3.22. The molecule has 0 atom stereocenters. The van der Waals surface area contributed by atoms with Crippen LogP contribution in [0.4, 0.5) is 5.82 Å². The van der Waals surface area contributed by atoms with Crippen molar-refractivity contribution >= 4 is 5.82 Å². The number of ether oxygens (including phenoxy) is 1. The third-order valence-corrected chi connectivity index (χ3v) is 2.25. The van der Waals surface area contributed by atoms with E-state index in [2.05, 4.69) is 15.3 Å². The molecule has 0 bridgehead atoms. The molecule has 0 aromatic carbocycles. The zero-order valence-corrected chi connectivity index (χ0v) is 9.27. The Hall–Kier alpha value is -2.10. The highest BCUT2D eigenvalue weighted by Crippen LogP contribution is 2.26. The van der Waals surface area contributed by atoms with Gasteiger partial charge in [0.25, 0.3) is 0 Å². The fourth-order valence-electron chi connectivity index (χ4n) is 1.47. The first-order valence-electron chi connectivity index (χ1n) is 4.99. The van der Waals surface area contributed by atoms with E-state index >= 15 is 0 Å². The van der Waals surface area contributed by atoms with Crippen molar-refractivity contribution in [3.63, 3.8) is 0 Å². The number of anilines is 1. The molecular formula is C12H13N3O. The molecule has 0 fully saturated rings. The number of methoxy groups -OCH3 is 1. The highest BCUT2D eigenvalue weighted by atomic mass is 16.5. The van der Waals surface area contributed by atoms with E-state index in [0.717, 1.165) is 17.1 Å². The summed E-state index contributed by atoms with van der Waals surface area (Å²) in [6.07, 6.45) is 1.70. The summed E-state index contributed by atoms with van der Waals surface area (Å²) in [4.78, 5) is 8.59. The van der Waals surface area contributed by atoms with Gasteiger partial charge >= 0.3 is 0 Å². The van der Waals surface area contributed by atoms with Gasteiger partial charge in [-0.25, -0.2) is 9.97 Å². The Morgan fingerprint density at radius 1 is 1.19 bits per heavy atom. The fraction of sp³-hybridized carbons (Fsp3) is 0.167. The standard InChI is InChI=1S/C12H13N3O/c1-13-11-7-3-6-10(15-11)9-5-4-8-14-12(9)16-2/h3-8H,1-2H3,(H,13,15). The van der Waals surface area contributed by atoms with Gasteiger partial charge in [-0.05, 0) is 24.3 Å². The van der Waals surface area contributed by atoms with Crippen molar-refractivity contribution in [1.29, 1.82) is 0 Å². The SMILES string of the molecule is CNc1cccc(-c2cccnc2OC)n1. The number of nitrogens with zero attached hydrogens (tertiary/aromatic N) is 2. The van der Waals surface area contributed by atoms with E-state index in [0.29, 0.717) is 5.88 Å². The van der Waals surface area contributed by atoms with Crippen LogP contribution in [0.3, 0.4) is 0 Å². The molecule has 4 heteroatoms. The van der Waals surface area contributed by atoms with Crippen LogP contribution in [0, 0.1) is 0 Å². The topological polar surface area (TPSA) is 47.0 Å². The Labute approximate surface area is 94.3 Å². The molecule has 2 heterocycles. The van der Waals surface area contributed by atoms with Crippen LogP contribution in [0.2, 0.25) is 0 Å². The molecule has 0 aliphatic heterocycles. The monoisotopic (exact) mass is 215 g/mol. The molecule has 0 amide bonds. The largest absolute Gasteiger partial charge is 0.481 e. The smallest absolute Gasteiger partial charge is 0.222 e. The highest BCUT2D eigenvalue weighted by molar-refractivity contribution is 5.66. The highest BCUT2D eigenvalue weighted by Gasteiger charge is 2.07. The predicted octanol–water partition coefficient (Wildman–Crippen LogP) is 2.19. The van der Waals surface area contributed by atoms with Gasteiger partial charge < -0.3 is 10.1 Å². The second kappa shape index (κ2) is 4.61. The Bertz CT molecular complexity index is 485. The average molecular weight is 215 g/mol. The first-order valence-corrected chi connectivity index (χ1v) is 4.99. The lowest BCUT2D eigenvalue weighted by Crippen LogP contribution is -1.95. The number of hydrogen-bond acceptors (Lipinski definition) is 4. The molecule has 0 saturated heterocycles. The van der Waals surface area contributed by atoms with Crippen molar-refractivity contribution in [3.05, 3.63) is 36.5 Å². The molecule has 2 aromatic rings. The van der Waals surface area contributed by atoms with Crippen LogP contribution < -0.4 is 10.1 Å². The summed E-state index contributed by atoms with van der Waals surface area (Å²) < 4.78 is 5.20. The minimum absolute atomic E-state index is 0.586. The van der Waals surface area contributed by atoms with Crippen LogP contribution in [0.1, 0.15) is 0 Å². The van der Waals surface area contributed by atoms with Gasteiger partial charge in [0.1, 0.15) is 5.82 Å². The summed E-state index contributed by atoms with van der Waals surface area (Å²) in [6.45, 7) is 0. The van der Waals surface area contributed by atoms with Crippen molar-refractivity contribution in [3.8, 4) is 17.1 Å². The van der Waals surface area contributed by atoms with Crippen molar-refractivity contribution in [1.82, 2.24) is 9.97 Å². The molecule has 2 aromatic heterocycles. The molecule has 2 rings (SSSR count). The van der Waals surface area contributed by atoms with E-state index in [9.17, 15) is 0 Å². The molecule has 0 spiro atoms. The van der Waals surface area contributed by atoms with E-state index in [1.165, 1.54) is 0 Å². The third-order valence-electron chi connectivity index (χ3n) is 2.25. The third kappa shape index (κ3) is 1.95. The first kappa shape index (κ1) is 10.4. The summed E-state index contributed by atoms with van der Waals surface area (Å²) in [5.74, 6) is 1.41. The van der Waals surface area contributed by atoms with E-state index in [1.807, 2.05) is 37.4 Å². The van der Waals surface area contributed by atoms with Crippen LogP contribution in [-0.4, -0.2) is 24.1 Å². The summed E-state index contributed by atoms with van der Waals surface area (Å²) in [5.41, 5.74) is 1.74. The van der Waals surface area contributed by atoms with Gasteiger partial charge in [-0.1, -0.05) is 6.07 Å². The second-order valence-electron chi connectivity index (χ2n) is 3.22. The summed E-state index contributed by atoms with van der Waals surface area (Å²) in [6, 6.07) is 9.59. The maximum Gasteiger partial charge on any atom is 0.222 e. The maximum absolute atomic E-state index is 5.20. The zero-order valence-electron chi connectivity index (χ0n) is 9.27. The van der Waals surface area contributed by atoms with Gasteiger partial charge in [-0.2, -0.15) is 0 Å².